The summed E-state index contributed by atoms with van der Waals surface area (Å²) in [5.74, 6) is 0.834. The van der Waals surface area contributed by atoms with Crippen LogP contribution in [0.3, 0.4) is 0 Å². The highest BCUT2D eigenvalue weighted by molar-refractivity contribution is 5.79. The zero-order chi connectivity index (χ0) is 19.7. The maximum Gasteiger partial charge on any atom is 0.191 e. The Balaban J connectivity index is 1.69. The molecule has 0 amide bonds. The Morgan fingerprint density at radius 3 is 2.71 bits per heavy atom. The van der Waals surface area contributed by atoms with Gasteiger partial charge in [-0.15, -0.1) is 0 Å². The topological polar surface area (TPSA) is 74.5 Å². The van der Waals surface area contributed by atoms with Crippen molar-refractivity contribution in [3.8, 4) is 5.69 Å². The standard InChI is InChI=1S/C22H33N5O/c1-2-23-21(25-18-22(13-16-28)11-6-3-7-12-22)24-17-19-9-4-5-10-20(19)27-15-8-14-26-27/h4-5,8-10,14-15,28H,2-3,6-7,11-13,16-18H2,1H3,(H2,23,24,25). The van der Waals surface area contributed by atoms with Crippen molar-refractivity contribution >= 4 is 5.96 Å². The van der Waals surface area contributed by atoms with Crippen molar-refractivity contribution in [2.24, 2.45) is 10.4 Å². The normalized spacial score (nSPS) is 16.7. The van der Waals surface area contributed by atoms with E-state index in [0.29, 0.717) is 6.54 Å². The fourth-order valence-electron chi connectivity index (χ4n) is 4.11. The molecule has 3 N–H and O–H groups in total. The third-order valence-corrected chi connectivity index (χ3v) is 5.68. The average molecular weight is 384 g/mol. The van der Waals surface area contributed by atoms with Crippen molar-refractivity contribution in [1.29, 1.82) is 0 Å². The predicted octanol–water partition coefficient (Wildman–Crippen LogP) is 3.26. The predicted molar refractivity (Wildman–Crippen MR) is 114 cm³/mol. The quantitative estimate of drug-likeness (QED) is 0.483. The van der Waals surface area contributed by atoms with Gasteiger partial charge in [0.05, 0.1) is 12.2 Å². The van der Waals surface area contributed by atoms with Crippen molar-refractivity contribution in [1.82, 2.24) is 20.4 Å². The molecule has 1 saturated carbocycles. The SMILES string of the molecule is CCNC(=NCc1ccccc1-n1cccn1)NCC1(CCO)CCCCC1. The molecule has 152 valence electrons. The Morgan fingerprint density at radius 2 is 2.00 bits per heavy atom. The lowest BCUT2D eigenvalue weighted by molar-refractivity contribution is 0.131. The highest BCUT2D eigenvalue weighted by Gasteiger charge is 2.31. The summed E-state index contributed by atoms with van der Waals surface area (Å²) < 4.78 is 1.88. The minimum atomic E-state index is 0.191. The summed E-state index contributed by atoms with van der Waals surface area (Å²) in [4.78, 5) is 4.82. The van der Waals surface area contributed by atoms with Gasteiger partial charge >= 0.3 is 0 Å². The third kappa shape index (κ3) is 5.35. The number of hydrogen-bond donors (Lipinski definition) is 3. The van der Waals surface area contributed by atoms with E-state index in [-0.39, 0.29) is 12.0 Å². The first kappa shape index (κ1) is 20.4. The molecule has 1 fully saturated rings. The van der Waals surface area contributed by atoms with Gasteiger partial charge in [-0.1, -0.05) is 37.5 Å². The number of hydrogen-bond acceptors (Lipinski definition) is 3. The minimum absolute atomic E-state index is 0.191. The molecule has 1 aromatic heterocycles. The number of aromatic nitrogens is 2. The first-order valence-corrected chi connectivity index (χ1v) is 10.5. The van der Waals surface area contributed by atoms with Gasteiger partial charge in [0, 0.05) is 32.1 Å². The molecule has 1 aliphatic rings. The van der Waals surface area contributed by atoms with E-state index in [4.69, 9.17) is 4.99 Å². The van der Waals surface area contributed by atoms with E-state index < -0.39 is 0 Å². The molecule has 0 saturated heterocycles. The number of nitrogens with zero attached hydrogens (tertiary/aromatic N) is 3. The molecule has 0 bridgehead atoms. The van der Waals surface area contributed by atoms with Gasteiger partial charge in [-0.05, 0) is 49.3 Å². The van der Waals surface area contributed by atoms with Crippen LogP contribution in [0.15, 0.2) is 47.7 Å². The van der Waals surface area contributed by atoms with Crippen LogP contribution >= 0.6 is 0 Å². The smallest absolute Gasteiger partial charge is 0.191 e. The maximum atomic E-state index is 9.54. The molecule has 6 nitrogen and oxygen atoms in total. The van der Waals surface area contributed by atoms with Gasteiger partial charge in [0.25, 0.3) is 0 Å². The van der Waals surface area contributed by atoms with Crippen molar-refractivity contribution in [3.05, 3.63) is 48.3 Å². The van der Waals surface area contributed by atoms with Gasteiger partial charge in [-0.2, -0.15) is 5.10 Å². The van der Waals surface area contributed by atoms with Gasteiger partial charge < -0.3 is 15.7 Å². The van der Waals surface area contributed by atoms with E-state index in [2.05, 4.69) is 34.8 Å². The summed E-state index contributed by atoms with van der Waals surface area (Å²) in [7, 11) is 0. The molecule has 3 rings (SSSR count). The number of aliphatic hydroxyl groups is 1. The maximum absolute atomic E-state index is 9.54. The van der Waals surface area contributed by atoms with E-state index in [1.165, 1.54) is 32.1 Å². The summed E-state index contributed by atoms with van der Waals surface area (Å²) in [5, 5.41) is 20.8. The summed E-state index contributed by atoms with van der Waals surface area (Å²) in [6.07, 6.45) is 10.8. The van der Waals surface area contributed by atoms with Crippen LogP contribution in [0.5, 0.6) is 0 Å². The van der Waals surface area contributed by atoms with Gasteiger partial charge in [0.15, 0.2) is 5.96 Å². The fraction of sp³-hybridized carbons (Fsp3) is 0.545. The molecule has 0 radical (unpaired) electrons. The van der Waals surface area contributed by atoms with Crippen LogP contribution in [0.25, 0.3) is 5.69 Å². The second kappa shape index (κ2) is 10.3. The second-order valence-corrected chi connectivity index (χ2v) is 7.66. The number of aliphatic hydroxyl groups excluding tert-OH is 1. The van der Waals surface area contributed by atoms with Crippen LogP contribution in [-0.4, -0.2) is 40.5 Å². The fourth-order valence-corrected chi connectivity index (χ4v) is 4.11. The Labute approximate surface area is 168 Å². The minimum Gasteiger partial charge on any atom is -0.396 e. The number of aliphatic imine (C=N–C) groups is 1. The molecular weight excluding hydrogens is 350 g/mol. The van der Waals surface area contributed by atoms with Crippen molar-refractivity contribution in [2.75, 3.05) is 19.7 Å². The number of nitrogens with one attached hydrogen (secondary N) is 2. The first-order chi connectivity index (χ1) is 13.8. The number of para-hydroxylation sites is 1. The summed E-state index contributed by atoms with van der Waals surface area (Å²) in [5.41, 5.74) is 2.37. The lowest BCUT2D eigenvalue weighted by Crippen LogP contribution is -2.45. The molecule has 1 heterocycles. The van der Waals surface area contributed by atoms with Crippen LogP contribution in [0.4, 0.5) is 0 Å². The lowest BCUT2D eigenvalue weighted by Gasteiger charge is -2.37. The van der Waals surface area contributed by atoms with E-state index in [9.17, 15) is 5.11 Å². The second-order valence-electron chi connectivity index (χ2n) is 7.66. The van der Waals surface area contributed by atoms with E-state index in [1.54, 1.807) is 6.20 Å². The van der Waals surface area contributed by atoms with Gasteiger partial charge in [-0.25, -0.2) is 9.67 Å². The molecule has 1 aromatic carbocycles. The van der Waals surface area contributed by atoms with Gasteiger partial charge in [0.2, 0.25) is 0 Å². The molecule has 0 unspecified atom stereocenters. The zero-order valence-corrected chi connectivity index (χ0v) is 16.9. The van der Waals surface area contributed by atoms with Crippen LogP contribution in [0, 0.1) is 5.41 Å². The van der Waals surface area contributed by atoms with Crippen molar-refractivity contribution < 1.29 is 5.11 Å². The third-order valence-electron chi connectivity index (χ3n) is 5.68. The largest absolute Gasteiger partial charge is 0.396 e. The number of benzene rings is 1. The summed E-state index contributed by atoms with van der Waals surface area (Å²) >= 11 is 0. The lowest BCUT2D eigenvalue weighted by atomic mass is 9.72. The Hall–Kier alpha value is -2.34. The number of guanidine groups is 1. The van der Waals surface area contributed by atoms with Crippen LogP contribution < -0.4 is 10.6 Å². The molecule has 0 atom stereocenters. The Morgan fingerprint density at radius 1 is 1.18 bits per heavy atom. The van der Waals surface area contributed by atoms with Crippen molar-refractivity contribution in [3.63, 3.8) is 0 Å². The molecular formula is C22H33N5O. The molecule has 2 aromatic rings. The van der Waals surface area contributed by atoms with Gasteiger partial charge in [0.1, 0.15) is 0 Å². The summed E-state index contributed by atoms with van der Waals surface area (Å²) in [6.45, 7) is 4.60. The van der Waals surface area contributed by atoms with Gasteiger partial charge in [-0.3, -0.25) is 0 Å². The monoisotopic (exact) mass is 383 g/mol. The van der Waals surface area contributed by atoms with E-state index in [0.717, 1.165) is 36.7 Å². The number of rotatable bonds is 8. The molecule has 0 spiro atoms. The molecule has 28 heavy (non-hydrogen) atoms. The highest BCUT2D eigenvalue weighted by Crippen LogP contribution is 2.38. The van der Waals surface area contributed by atoms with Crippen molar-refractivity contribution in [2.45, 2.75) is 52.0 Å². The van der Waals surface area contributed by atoms with E-state index >= 15 is 0 Å². The van der Waals surface area contributed by atoms with Crippen LogP contribution in [-0.2, 0) is 6.54 Å². The summed E-state index contributed by atoms with van der Waals surface area (Å²) in [6, 6.07) is 10.2. The highest BCUT2D eigenvalue weighted by atomic mass is 16.3. The van der Waals surface area contributed by atoms with Crippen LogP contribution in [0.2, 0.25) is 0 Å². The van der Waals surface area contributed by atoms with E-state index in [1.807, 2.05) is 29.1 Å². The Kier molecular flexibility index (Phi) is 7.48. The zero-order valence-electron chi connectivity index (χ0n) is 16.9. The molecule has 6 heteroatoms. The Bertz CT molecular complexity index is 730. The average Bonchev–Trinajstić information content (AvgIpc) is 3.26. The first-order valence-electron chi connectivity index (χ1n) is 10.5. The van der Waals surface area contributed by atoms with Crippen LogP contribution in [0.1, 0.15) is 51.0 Å². The molecule has 1 aliphatic carbocycles. The molecule has 0 aliphatic heterocycles.